The number of nitrogens with zero attached hydrogens (tertiary/aromatic N) is 3. The highest BCUT2D eigenvalue weighted by Crippen LogP contribution is 2.26. The van der Waals surface area contributed by atoms with E-state index in [4.69, 9.17) is 4.74 Å². The number of carbonyl (C=O) groups is 1. The number of nitrogens with one attached hydrogen (secondary N) is 1. The largest absolute Gasteiger partial charge is 0.497 e. The molecule has 3 rings (SSSR count). The van der Waals surface area contributed by atoms with E-state index >= 15 is 0 Å². The number of non-ortho nitro benzene ring substituents is 1. The molecular weight excluding hydrogens is 460 g/mol. The van der Waals surface area contributed by atoms with E-state index in [1.165, 1.54) is 55.8 Å². The number of hydrogen-bond acceptors (Lipinski definition) is 7. The Morgan fingerprint density at radius 1 is 1.12 bits per heavy atom. The topological polar surface area (TPSA) is 131 Å². The summed E-state index contributed by atoms with van der Waals surface area (Å²) < 4.78 is 32.8. The van der Waals surface area contributed by atoms with Crippen molar-refractivity contribution in [2.45, 2.75) is 11.8 Å². The van der Waals surface area contributed by atoms with Gasteiger partial charge in [0.05, 0.1) is 28.8 Å². The van der Waals surface area contributed by atoms with E-state index in [0.717, 1.165) is 9.87 Å². The van der Waals surface area contributed by atoms with Crippen molar-refractivity contribution in [3.8, 4) is 5.75 Å². The molecule has 0 saturated heterocycles. The Kier molecular flexibility index (Phi) is 7.59. The van der Waals surface area contributed by atoms with Crippen molar-refractivity contribution in [2.75, 3.05) is 18.0 Å². The molecule has 0 saturated carbocycles. The zero-order valence-corrected chi connectivity index (χ0v) is 19.2. The normalized spacial score (nSPS) is 11.2. The number of carbonyl (C=O) groups excluding carboxylic acids is 1. The lowest BCUT2D eigenvalue weighted by Crippen LogP contribution is -2.39. The molecule has 176 valence electrons. The molecule has 0 fully saturated rings. The summed E-state index contributed by atoms with van der Waals surface area (Å²) in [5.41, 5.74) is 3.70. The Morgan fingerprint density at radius 2 is 1.79 bits per heavy atom. The summed E-state index contributed by atoms with van der Waals surface area (Å²) in [5.74, 6) is -0.171. The third-order valence-electron chi connectivity index (χ3n) is 4.74. The van der Waals surface area contributed by atoms with Gasteiger partial charge in [0.25, 0.3) is 21.6 Å². The second-order valence-electron chi connectivity index (χ2n) is 7.17. The summed E-state index contributed by atoms with van der Waals surface area (Å²) in [4.78, 5) is 23.0. The summed E-state index contributed by atoms with van der Waals surface area (Å²) in [5, 5.41) is 14.7. The summed E-state index contributed by atoms with van der Waals surface area (Å²) in [6.45, 7) is 1.29. The van der Waals surface area contributed by atoms with Crippen LogP contribution in [-0.2, 0) is 14.8 Å². The Bertz CT molecular complexity index is 1310. The van der Waals surface area contributed by atoms with Gasteiger partial charge in [-0.2, -0.15) is 5.10 Å². The molecule has 10 nitrogen and oxygen atoms in total. The van der Waals surface area contributed by atoms with E-state index in [0.29, 0.717) is 11.3 Å². The second kappa shape index (κ2) is 10.6. The first kappa shape index (κ1) is 24.4. The highest BCUT2D eigenvalue weighted by atomic mass is 32.2. The molecule has 34 heavy (non-hydrogen) atoms. The fraction of sp³-hybridized carbons (Fsp3) is 0.130. The van der Waals surface area contributed by atoms with Crippen LogP contribution in [0, 0.1) is 17.0 Å². The van der Waals surface area contributed by atoms with Gasteiger partial charge in [0.2, 0.25) is 0 Å². The summed E-state index contributed by atoms with van der Waals surface area (Å²) >= 11 is 0. The summed E-state index contributed by atoms with van der Waals surface area (Å²) in [7, 11) is -2.58. The molecule has 0 radical (unpaired) electrons. The maximum absolute atomic E-state index is 13.3. The maximum Gasteiger partial charge on any atom is 0.270 e. The van der Waals surface area contributed by atoms with Crippen LogP contribution in [0.3, 0.4) is 0 Å². The maximum atomic E-state index is 13.3. The zero-order valence-electron chi connectivity index (χ0n) is 18.4. The molecule has 0 aliphatic carbocycles. The van der Waals surface area contributed by atoms with Gasteiger partial charge < -0.3 is 4.74 Å². The van der Waals surface area contributed by atoms with Crippen LogP contribution in [0.1, 0.15) is 11.1 Å². The number of amides is 1. The molecule has 0 aromatic heterocycles. The molecule has 0 heterocycles. The number of benzene rings is 3. The quantitative estimate of drug-likeness (QED) is 0.283. The highest BCUT2D eigenvalue weighted by Gasteiger charge is 2.27. The molecule has 3 aromatic carbocycles. The van der Waals surface area contributed by atoms with E-state index in [1.807, 2.05) is 6.92 Å². The molecule has 0 spiro atoms. The number of rotatable bonds is 9. The van der Waals surface area contributed by atoms with Gasteiger partial charge in [0.15, 0.2) is 0 Å². The van der Waals surface area contributed by atoms with Crippen LogP contribution in [0.2, 0.25) is 0 Å². The molecule has 0 unspecified atom stereocenters. The Hall–Kier alpha value is -4.25. The Morgan fingerprint density at radius 3 is 2.41 bits per heavy atom. The number of hydrazone groups is 1. The predicted molar refractivity (Wildman–Crippen MR) is 128 cm³/mol. The third kappa shape index (κ3) is 5.95. The van der Waals surface area contributed by atoms with Gasteiger partial charge in [-0.3, -0.25) is 19.2 Å². The number of nitro benzene ring substituents is 1. The van der Waals surface area contributed by atoms with Crippen LogP contribution in [-0.4, -0.2) is 39.1 Å². The first-order chi connectivity index (χ1) is 16.2. The molecule has 0 bridgehead atoms. The minimum Gasteiger partial charge on any atom is -0.497 e. The number of nitro groups is 1. The van der Waals surface area contributed by atoms with Crippen LogP contribution in [0.4, 0.5) is 11.4 Å². The van der Waals surface area contributed by atoms with Gasteiger partial charge in [0, 0.05) is 17.7 Å². The molecule has 1 amide bonds. The average molecular weight is 483 g/mol. The number of ether oxygens (including phenoxy) is 1. The molecule has 3 aromatic rings. The van der Waals surface area contributed by atoms with Crippen LogP contribution in [0.25, 0.3) is 0 Å². The van der Waals surface area contributed by atoms with Gasteiger partial charge in [0.1, 0.15) is 12.3 Å². The summed E-state index contributed by atoms with van der Waals surface area (Å²) in [6, 6.07) is 18.2. The lowest BCUT2D eigenvalue weighted by Gasteiger charge is -2.24. The van der Waals surface area contributed by atoms with Crippen molar-refractivity contribution in [3.05, 3.63) is 94.0 Å². The van der Waals surface area contributed by atoms with Gasteiger partial charge in [-0.1, -0.05) is 29.8 Å². The number of methoxy groups -OCH3 is 1. The monoisotopic (exact) mass is 482 g/mol. The standard InChI is InChI=1S/C23H22N4O6S/c1-17-6-12-22(13-7-17)34(31,32)26(19-8-10-21(33-2)11-9-19)16-23(28)25-24-15-18-4-3-5-20(14-18)27(29)30/h3-15H,16H2,1-2H3,(H,25,28)/b24-15-. The highest BCUT2D eigenvalue weighted by molar-refractivity contribution is 7.92. The molecule has 11 heteroatoms. The first-order valence-corrected chi connectivity index (χ1v) is 11.4. The van der Waals surface area contributed by atoms with E-state index < -0.39 is 27.4 Å². The predicted octanol–water partition coefficient (Wildman–Crippen LogP) is 3.26. The number of hydrogen-bond donors (Lipinski definition) is 1. The van der Waals surface area contributed by atoms with Crippen molar-refractivity contribution in [1.82, 2.24) is 5.43 Å². The van der Waals surface area contributed by atoms with Crippen LogP contribution < -0.4 is 14.5 Å². The van der Waals surface area contributed by atoms with E-state index in [9.17, 15) is 23.3 Å². The molecule has 1 N–H and O–H groups in total. The van der Waals surface area contributed by atoms with Gasteiger partial charge in [-0.25, -0.2) is 13.8 Å². The van der Waals surface area contributed by atoms with E-state index in [1.54, 1.807) is 30.3 Å². The van der Waals surface area contributed by atoms with Crippen molar-refractivity contribution in [3.63, 3.8) is 0 Å². The number of aryl methyl sites for hydroxylation is 1. The Labute approximate surface area is 196 Å². The van der Waals surface area contributed by atoms with E-state index in [2.05, 4.69) is 10.5 Å². The van der Waals surface area contributed by atoms with Gasteiger partial charge in [-0.15, -0.1) is 0 Å². The number of anilines is 1. The van der Waals surface area contributed by atoms with Crippen molar-refractivity contribution >= 4 is 33.5 Å². The molecule has 0 aliphatic rings. The lowest BCUT2D eigenvalue weighted by atomic mass is 10.2. The zero-order chi connectivity index (χ0) is 24.7. The second-order valence-corrected chi connectivity index (χ2v) is 9.03. The fourth-order valence-corrected chi connectivity index (χ4v) is 4.39. The van der Waals surface area contributed by atoms with Crippen molar-refractivity contribution in [1.29, 1.82) is 0 Å². The lowest BCUT2D eigenvalue weighted by molar-refractivity contribution is -0.384. The minimum absolute atomic E-state index is 0.0295. The SMILES string of the molecule is COc1ccc(N(CC(=O)N/N=C\c2cccc([N+](=O)[O-])c2)S(=O)(=O)c2ccc(C)cc2)cc1. The van der Waals surface area contributed by atoms with Crippen molar-refractivity contribution in [2.24, 2.45) is 5.10 Å². The fourth-order valence-electron chi connectivity index (χ4n) is 2.96. The van der Waals surface area contributed by atoms with Crippen LogP contribution >= 0.6 is 0 Å². The molecule has 0 atom stereocenters. The van der Waals surface area contributed by atoms with Crippen LogP contribution in [0.15, 0.2) is 82.8 Å². The van der Waals surface area contributed by atoms with Crippen molar-refractivity contribution < 1.29 is 22.9 Å². The molecular formula is C23H22N4O6S. The van der Waals surface area contributed by atoms with Crippen LogP contribution in [0.5, 0.6) is 5.75 Å². The first-order valence-electron chi connectivity index (χ1n) is 10.0. The van der Waals surface area contributed by atoms with Gasteiger partial charge >= 0.3 is 0 Å². The minimum atomic E-state index is -4.07. The van der Waals surface area contributed by atoms with Gasteiger partial charge in [-0.05, 0) is 43.3 Å². The number of sulfonamides is 1. The average Bonchev–Trinajstić information content (AvgIpc) is 2.83. The molecule has 0 aliphatic heterocycles. The summed E-state index contributed by atoms with van der Waals surface area (Å²) in [6.07, 6.45) is 1.23. The van der Waals surface area contributed by atoms with E-state index in [-0.39, 0.29) is 16.3 Å². The third-order valence-corrected chi connectivity index (χ3v) is 6.53. The smallest absolute Gasteiger partial charge is 0.270 e. The Balaban J connectivity index is 1.83.